The fourth-order valence-corrected chi connectivity index (χ4v) is 4.57. The molecule has 1 amide bonds. The van der Waals surface area contributed by atoms with Gasteiger partial charge in [-0.1, -0.05) is 0 Å². The van der Waals surface area contributed by atoms with Crippen LogP contribution in [0.2, 0.25) is 0 Å². The van der Waals surface area contributed by atoms with Crippen molar-refractivity contribution in [1.29, 1.82) is 0 Å². The summed E-state index contributed by atoms with van der Waals surface area (Å²) in [7, 11) is 0. The van der Waals surface area contributed by atoms with Gasteiger partial charge < -0.3 is 9.47 Å². The number of aromatic nitrogens is 2. The molecule has 24 heavy (non-hydrogen) atoms. The van der Waals surface area contributed by atoms with Gasteiger partial charge >= 0.3 is 0 Å². The van der Waals surface area contributed by atoms with E-state index in [1.165, 1.54) is 23.5 Å². The largest absolute Gasteiger partial charge is 0.336 e. The van der Waals surface area contributed by atoms with Gasteiger partial charge in [0.1, 0.15) is 5.82 Å². The Labute approximate surface area is 143 Å². The number of hydrogen-bond donors (Lipinski definition) is 0. The van der Waals surface area contributed by atoms with Crippen LogP contribution in [0.1, 0.15) is 34.1 Å². The van der Waals surface area contributed by atoms with E-state index in [4.69, 9.17) is 0 Å². The molecule has 3 heterocycles. The standard InChI is InChI=1S/C18H18FN3OS/c1-12-15-9-13(19)4-5-16(15)24-17(12)18(23)21-7-2-3-14(10-21)22-8-6-20-11-22/h4-6,8-9,11,14H,2-3,7,10H2,1H3/t14-/m1/s1. The molecule has 2 aromatic heterocycles. The van der Waals surface area contributed by atoms with Gasteiger partial charge in [-0.25, -0.2) is 9.37 Å². The molecule has 0 bridgehead atoms. The van der Waals surface area contributed by atoms with E-state index in [-0.39, 0.29) is 17.8 Å². The Bertz CT molecular complexity index is 887. The number of halogens is 1. The predicted octanol–water partition coefficient (Wildman–Crippen LogP) is 4.02. The molecule has 1 aromatic carbocycles. The summed E-state index contributed by atoms with van der Waals surface area (Å²) in [5, 5.41) is 0.839. The van der Waals surface area contributed by atoms with Gasteiger partial charge in [-0.2, -0.15) is 0 Å². The molecule has 0 spiro atoms. The second-order valence-electron chi connectivity index (χ2n) is 6.25. The number of carbonyl (C=O) groups is 1. The maximum absolute atomic E-state index is 13.5. The van der Waals surface area contributed by atoms with E-state index < -0.39 is 0 Å². The highest BCUT2D eigenvalue weighted by Gasteiger charge is 2.27. The van der Waals surface area contributed by atoms with E-state index in [9.17, 15) is 9.18 Å². The monoisotopic (exact) mass is 343 g/mol. The van der Waals surface area contributed by atoms with E-state index in [2.05, 4.69) is 9.55 Å². The normalized spacial score (nSPS) is 18.2. The highest BCUT2D eigenvalue weighted by Crippen LogP contribution is 2.33. The minimum absolute atomic E-state index is 0.0546. The summed E-state index contributed by atoms with van der Waals surface area (Å²) in [6.07, 6.45) is 7.56. The third-order valence-corrected chi connectivity index (χ3v) is 5.98. The number of imidazole rings is 1. The van der Waals surface area contributed by atoms with Crippen LogP contribution >= 0.6 is 11.3 Å². The van der Waals surface area contributed by atoms with Crippen molar-refractivity contribution in [3.05, 3.63) is 53.2 Å². The first-order valence-electron chi connectivity index (χ1n) is 8.09. The first kappa shape index (κ1) is 15.3. The summed E-state index contributed by atoms with van der Waals surface area (Å²) in [5.41, 5.74) is 0.879. The Morgan fingerprint density at radius 2 is 2.29 bits per heavy atom. The van der Waals surface area contributed by atoms with E-state index in [1.807, 2.05) is 24.3 Å². The van der Waals surface area contributed by atoms with Crippen LogP contribution < -0.4 is 0 Å². The van der Waals surface area contributed by atoms with Crippen molar-refractivity contribution >= 4 is 27.3 Å². The van der Waals surface area contributed by atoms with Crippen LogP contribution in [0.5, 0.6) is 0 Å². The number of benzene rings is 1. The maximum Gasteiger partial charge on any atom is 0.264 e. The van der Waals surface area contributed by atoms with Crippen LogP contribution in [-0.2, 0) is 0 Å². The summed E-state index contributed by atoms with van der Waals surface area (Å²) >= 11 is 1.46. The van der Waals surface area contributed by atoms with Gasteiger partial charge in [-0.3, -0.25) is 4.79 Å². The van der Waals surface area contributed by atoms with Gasteiger partial charge in [-0.05, 0) is 48.9 Å². The molecule has 1 fully saturated rings. The lowest BCUT2D eigenvalue weighted by Gasteiger charge is -2.33. The molecule has 4 nitrogen and oxygen atoms in total. The van der Waals surface area contributed by atoms with Gasteiger partial charge in [0.25, 0.3) is 5.91 Å². The summed E-state index contributed by atoms with van der Waals surface area (Å²) in [6.45, 7) is 3.37. The van der Waals surface area contributed by atoms with Crippen LogP contribution in [0.4, 0.5) is 4.39 Å². The number of rotatable bonds is 2. The van der Waals surface area contributed by atoms with E-state index in [0.717, 1.165) is 39.9 Å². The molecule has 124 valence electrons. The molecule has 1 atom stereocenters. The van der Waals surface area contributed by atoms with Crippen molar-refractivity contribution in [3.63, 3.8) is 0 Å². The molecule has 4 rings (SSSR count). The molecule has 6 heteroatoms. The summed E-state index contributed by atoms with van der Waals surface area (Å²) in [4.78, 5) is 19.8. The van der Waals surface area contributed by atoms with E-state index >= 15 is 0 Å². The summed E-state index contributed by atoms with van der Waals surface area (Å²) in [6, 6.07) is 4.99. The molecule has 1 aliphatic heterocycles. The average Bonchev–Trinajstić information content (AvgIpc) is 3.24. The predicted molar refractivity (Wildman–Crippen MR) is 92.9 cm³/mol. The van der Waals surface area contributed by atoms with Crippen LogP contribution in [0.3, 0.4) is 0 Å². The first-order valence-corrected chi connectivity index (χ1v) is 8.90. The zero-order valence-electron chi connectivity index (χ0n) is 13.4. The van der Waals surface area contributed by atoms with Gasteiger partial charge in [0, 0.05) is 30.2 Å². The Kier molecular flexibility index (Phi) is 3.84. The summed E-state index contributed by atoms with van der Waals surface area (Å²) < 4.78 is 16.5. The number of piperidine rings is 1. The van der Waals surface area contributed by atoms with Gasteiger partial charge in [0.05, 0.1) is 17.2 Å². The molecule has 0 saturated carbocycles. The number of fused-ring (bicyclic) bond motifs is 1. The Morgan fingerprint density at radius 3 is 3.08 bits per heavy atom. The highest BCUT2D eigenvalue weighted by molar-refractivity contribution is 7.21. The maximum atomic E-state index is 13.5. The van der Waals surface area contributed by atoms with E-state index in [0.29, 0.717) is 6.54 Å². The van der Waals surface area contributed by atoms with Gasteiger partial charge in [0.15, 0.2) is 0 Å². The zero-order valence-corrected chi connectivity index (χ0v) is 14.2. The summed E-state index contributed by atoms with van der Waals surface area (Å²) in [5.74, 6) is -0.209. The molecule has 0 radical (unpaired) electrons. The fraction of sp³-hybridized carbons (Fsp3) is 0.333. The SMILES string of the molecule is Cc1c(C(=O)N2CCC[C@@H](n3ccnc3)C2)sc2ccc(F)cc12. The van der Waals surface area contributed by atoms with Crippen molar-refractivity contribution in [2.45, 2.75) is 25.8 Å². The second-order valence-corrected chi connectivity index (χ2v) is 7.31. The molecule has 0 N–H and O–H groups in total. The number of thiophene rings is 1. The number of amides is 1. The number of carbonyl (C=O) groups excluding carboxylic acids is 1. The number of hydrogen-bond acceptors (Lipinski definition) is 3. The molecule has 1 saturated heterocycles. The minimum Gasteiger partial charge on any atom is -0.336 e. The van der Waals surface area contributed by atoms with Crippen molar-refractivity contribution in [2.75, 3.05) is 13.1 Å². The zero-order chi connectivity index (χ0) is 16.7. The first-order chi connectivity index (χ1) is 11.6. The van der Waals surface area contributed by atoms with Crippen LogP contribution in [0.25, 0.3) is 10.1 Å². The molecule has 0 aliphatic carbocycles. The number of nitrogens with zero attached hydrogens (tertiary/aromatic N) is 3. The molecular weight excluding hydrogens is 325 g/mol. The molecule has 0 unspecified atom stereocenters. The Hall–Kier alpha value is -2.21. The third-order valence-electron chi connectivity index (χ3n) is 4.72. The molecule has 3 aromatic rings. The Balaban J connectivity index is 1.62. The topological polar surface area (TPSA) is 38.1 Å². The highest BCUT2D eigenvalue weighted by atomic mass is 32.1. The van der Waals surface area contributed by atoms with Gasteiger partial charge in [-0.15, -0.1) is 11.3 Å². The van der Waals surface area contributed by atoms with Crippen molar-refractivity contribution in [2.24, 2.45) is 0 Å². The molecule has 1 aliphatic rings. The second kappa shape index (κ2) is 6.02. The van der Waals surface area contributed by atoms with Crippen LogP contribution in [-0.4, -0.2) is 33.4 Å². The fourth-order valence-electron chi connectivity index (χ4n) is 3.41. The minimum atomic E-state index is -0.263. The third kappa shape index (κ3) is 2.60. The molecular formula is C18H18FN3OS. The van der Waals surface area contributed by atoms with Crippen molar-refractivity contribution in [3.8, 4) is 0 Å². The smallest absolute Gasteiger partial charge is 0.264 e. The van der Waals surface area contributed by atoms with E-state index in [1.54, 1.807) is 12.3 Å². The average molecular weight is 343 g/mol. The van der Waals surface area contributed by atoms with Crippen LogP contribution in [0, 0.1) is 12.7 Å². The van der Waals surface area contributed by atoms with Crippen LogP contribution in [0.15, 0.2) is 36.9 Å². The quantitative estimate of drug-likeness (QED) is 0.705. The lowest BCUT2D eigenvalue weighted by molar-refractivity contribution is 0.0684. The number of aryl methyl sites for hydroxylation is 1. The van der Waals surface area contributed by atoms with Crippen molar-refractivity contribution < 1.29 is 9.18 Å². The lowest BCUT2D eigenvalue weighted by atomic mass is 10.0. The number of likely N-dealkylation sites (tertiary alicyclic amines) is 1. The van der Waals surface area contributed by atoms with Crippen molar-refractivity contribution in [1.82, 2.24) is 14.5 Å². The lowest BCUT2D eigenvalue weighted by Crippen LogP contribution is -2.40. The van der Waals surface area contributed by atoms with Gasteiger partial charge in [0.2, 0.25) is 0 Å². The Morgan fingerprint density at radius 1 is 1.42 bits per heavy atom.